The van der Waals surface area contributed by atoms with Crippen LogP contribution in [0.5, 0.6) is 0 Å². The minimum Gasteiger partial charge on any atom is -0.351 e. The van der Waals surface area contributed by atoms with Crippen LogP contribution in [-0.4, -0.2) is 36.8 Å². The quantitative estimate of drug-likeness (QED) is 0.770. The predicted octanol–water partition coefficient (Wildman–Crippen LogP) is 2.12. The van der Waals surface area contributed by atoms with Crippen LogP contribution in [0.1, 0.15) is 24.3 Å². The number of aromatic nitrogens is 5. The Morgan fingerprint density at radius 3 is 2.86 bits per heavy atom. The number of carbonyl (C=O) groups excluding carboxylic acids is 1. The van der Waals surface area contributed by atoms with E-state index in [0.717, 1.165) is 22.4 Å². The molecule has 3 aromatic rings. The van der Waals surface area contributed by atoms with Gasteiger partial charge in [0, 0.05) is 31.5 Å². The molecule has 0 aliphatic heterocycles. The fraction of sp³-hybridized carbons (Fsp3) is 0.286. The molecule has 3 heterocycles. The molecule has 0 atom stereocenters. The SMILES string of the molecule is CCNC(=O)c1cc2nccc(-c3nn(CC)cc3Br)n2n1. The van der Waals surface area contributed by atoms with Crippen LogP contribution in [0.25, 0.3) is 17.0 Å². The van der Waals surface area contributed by atoms with Gasteiger partial charge in [0.05, 0.1) is 10.2 Å². The normalized spacial score (nSPS) is 11.0. The molecule has 8 heteroatoms. The Morgan fingerprint density at radius 1 is 1.36 bits per heavy atom. The molecule has 1 amide bonds. The van der Waals surface area contributed by atoms with E-state index in [2.05, 4.69) is 36.4 Å². The molecule has 0 aliphatic carbocycles. The van der Waals surface area contributed by atoms with Gasteiger partial charge >= 0.3 is 0 Å². The minimum atomic E-state index is -0.211. The van der Waals surface area contributed by atoms with Crippen LogP contribution in [0.3, 0.4) is 0 Å². The molecule has 0 radical (unpaired) electrons. The van der Waals surface area contributed by atoms with Crippen LogP contribution in [0.15, 0.2) is 29.0 Å². The smallest absolute Gasteiger partial charge is 0.271 e. The van der Waals surface area contributed by atoms with E-state index in [-0.39, 0.29) is 5.91 Å². The van der Waals surface area contributed by atoms with Crippen molar-refractivity contribution in [2.75, 3.05) is 6.54 Å². The fourth-order valence-corrected chi connectivity index (χ4v) is 2.69. The second kappa shape index (κ2) is 5.88. The van der Waals surface area contributed by atoms with Crippen molar-refractivity contribution in [2.45, 2.75) is 20.4 Å². The van der Waals surface area contributed by atoms with Gasteiger partial charge in [-0.3, -0.25) is 9.48 Å². The Hall–Kier alpha value is -2.22. The molecular formula is C14H15BrN6O. The summed E-state index contributed by atoms with van der Waals surface area (Å²) in [6, 6.07) is 3.49. The number of carbonyl (C=O) groups is 1. The van der Waals surface area contributed by atoms with Gasteiger partial charge in [0.15, 0.2) is 11.3 Å². The molecule has 0 saturated heterocycles. The third-order valence-corrected chi connectivity index (χ3v) is 3.79. The summed E-state index contributed by atoms with van der Waals surface area (Å²) >= 11 is 3.52. The van der Waals surface area contributed by atoms with Crippen molar-refractivity contribution in [3.8, 4) is 11.4 Å². The Morgan fingerprint density at radius 2 is 2.18 bits per heavy atom. The summed E-state index contributed by atoms with van der Waals surface area (Å²) < 4.78 is 4.34. The molecule has 0 aromatic carbocycles. The zero-order chi connectivity index (χ0) is 15.7. The lowest BCUT2D eigenvalue weighted by molar-refractivity contribution is 0.0950. The minimum absolute atomic E-state index is 0.211. The standard InChI is InChI=1S/C14H15BrN6O/c1-3-16-14(22)10-7-12-17-6-5-11(21(12)18-10)13-9(15)8-20(4-2)19-13/h5-8H,3-4H2,1-2H3,(H,16,22). The number of nitrogens with one attached hydrogen (secondary N) is 1. The third-order valence-electron chi connectivity index (χ3n) is 3.21. The molecule has 0 bridgehead atoms. The van der Waals surface area contributed by atoms with Gasteiger partial charge in [-0.15, -0.1) is 0 Å². The summed E-state index contributed by atoms with van der Waals surface area (Å²) in [5.74, 6) is -0.211. The van der Waals surface area contributed by atoms with Crippen molar-refractivity contribution < 1.29 is 4.79 Å². The number of amides is 1. The van der Waals surface area contributed by atoms with Crippen LogP contribution in [0.2, 0.25) is 0 Å². The molecule has 0 unspecified atom stereocenters. The number of nitrogens with zero attached hydrogens (tertiary/aromatic N) is 5. The van der Waals surface area contributed by atoms with Crippen LogP contribution in [0, 0.1) is 0 Å². The third kappa shape index (κ3) is 2.50. The molecule has 114 valence electrons. The van der Waals surface area contributed by atoms with Crippen LogP contribution in [-0.2, 0) is 6.54 Å². The van der Waals surface area contributed by atoms with Crippen molar-refractivity contribution in [1.29, 1.82) is 0 Å². The maximum absolute atomic E-state index is 11.9. The second-order valence-electron chi connectivity index (χ2n) is 4.67. The summed E-state index contributed by atoms with van der Waals surface area (Å²) in [5.41, 5.74) is 2.49. The molecule has 22 heavy (non-hydrogen) atoms. The summed E-state index contributed by atoms with van der Waals surface area (Å²) in [4.78, 5) is 16.2. The van der Waals surface area contributed by atoms with E-state index in [1.165, 1.54) is 0 Å². The fourth-order valence-electron chi connectivity index (χ4n) is 2.17. The largest absolute Gasteiger partial charge is 0.351 e. The Labute approximate surface area is 135 Å². The number of rotatable bonds is 4. The number of hydrogen-bond donors (Lipinski definition) is 1. The Bertz CT molecular complexity index is 837. The van der Waals surface area contributed by atoms with Crippen LogP contribution < -0.4 is 5.32 Å². The zero-order valence-corrected chi connectivity index (χ0v) is 13.8. The average molecular weight is 363 g/mol. The Balaban J connectivity index is 2.13. The summed E-state index contributed by atoms with van der Waals surface area (Å²) in [6.07, 6.45) is 3.60. The number of halogens is 1. The first-order valence-corrected chi connectivity index (χ1v) is 7.79. The highest BCUT2D eigenvalue weighted by atomic mass is 79.9. The van der Waals surface area contributed by atoms with Crippen molar-refractivity contribution in [3.63, 3.8) is 0 Å². The molecule has 0 aliphatic rings. The second-order valence-corrected chi connectivity index (χ2v) is 5.52. The maximum atomic E-state index is 11.9. The summed E-state index contributed by atoms with van der Waals surface area (Å²) in [7, 11) is 0. The molecule has 1 N–H and O–H groups in total. The van der Waals surface area contributed by atoms with E-state index in [4.69, 9.17) is 0 Å². The topological polar surface area (TPSA) is 77.1 Å². The predicted molar refractivity (Wildman–Crippen MR) is 85.6 cm³/mol. The zero-order valence-electron chi connectivity index (χ0n) is 12.2. The first kappa shape index (κ1) is 14.7. The lowest BCUT2D eigenvalue weighted by atomic mass is 10.3. The van der Waals surface area contributed by atoms with E-state index < -0.39 is 0 Å². The number of hydrogen-bond acceptors (Lipinski definition) is 4. The van der Waals surface area contributed by atoms with Crippen molar-refractivity contribution in [2.24, 2.45) is 0 Å². The van der Waals surface area contributed by atoms with Crippen molar-refractivity contribution in [1.82, 2.24) is 29.7 Å². The van der Waals surface area contributed by atoms with Crippen LogP contribution >= 0.6 is 15.9 Å². The molecule has 0 fully saturated rings. The monoisotopic (exact) mass is 362 g/mol. The van der Waals surface area contributed by atoms with E-state index in [9.17, 15) is 4.79 Å². The van der Waals surface area contributed by atoms with Gasteiger partial charge in [0.25, 0.3) is 5.91 Å². The number of fused-ring (bicyclic) bond motifs is 1. The highest BCUT2D eigenvalue weighted by Gasteiger charge is 2.16. The van der Waals surface area contributed by atoms with E-state index in [0.29, 0.717) is 17.9 Å². The van der Waals surface area contributed by atoms with Gasteiger partial charge in [-0.2, -0.15) is 10.2 Å². The lowest BCUT2D eigenvalue weighted by Crippen LogP contribution is -2.23. The highest BCUT2D eigenvalue weighted by molar-refractivity contribution is 9.10. The number of aryl methyl sites for hydroxylation is 1. The van der Waals surface area contributed by atoms with Gasteiger partial charge in [0.2, 0.25) is 0 Å². The molecule has 7 nitrogen and oxygen atoms in total. The van der Waals surface area contributed by atoms with E-state index >= 15 is 0 Å². The average Bonchev–Trinajstić information content (AvgIpc) is 3.10. The molecule has 3 aromatic heterocycles. The van der Waals surface area contributed by atoms with Gasteiger partial charge in [-0.1, -0.05) is 0 Å². The van der Waals surface area contributed by atoms with E-state index in [1.807, 2.05) is 30.8 Å². The molecular weight excluding hydrogens is 348 g/mol. The lowest BCUT2D eigenvalue weighted by Gasteiger charge is -2.01. The van der Waals surface area contributed by atoms with Gasteiger partial charge in [0.1, 0.15) is 5.69 Å². The molecule has 0 spiro atoms. The van der Waals surface area contributed by atoms with Crippen LogP contribution in [0.4, 0.5) is 0 Å². The molecule has 3 rings (SSSR count). The van der Waals surface area contributed by atoms with Gasteiger partial charge in [-0.05, 0) is 35.8 Å². The maximum Gasteiger partial charge on any atom is 0.271 e. The van der Waals surface area contributed by atoms with Gasteiger partial charge in [-0.25, -0.2) is 9.50 Å². The van der Waals surface area contributed by atoms with Gasteiger partial charge < -0.3 is 5.32 Å². The van der Waals surface area contributed by atoms with E-state index in [1.54, 1.807) is 16.8 Å². The highest BCUT2D eigenvalue weighted by Crippen LogP contribution is 2.26. The van der Waals surface area contributed by atoms with Crippen molar-refractivity contribution in [3.05, 3.63) is 34.7 Å². The molecule has 0 saturated carbocycles. The van der Waals surface area contributed by atoms with Crippen molar-refractivity contribution >= 4 is 27.5 Å². The summed E-state index contributed by atoms with van der Waals surface area (Å²) in [6.45, 7) is 5.22. The summed E-state index contributed by atoms with van der Waals surface area (Å²) in [5, 5.41) is 11.6. The Kier molecular flexibility index (Phi) is 3.93. The first-order valence-electron chi connectivity index (χ1n) is 7.00. The first-order chi connectivity index (χ1) is 10.6.